The van der Waals surface area contributed by atoms with E-state index < -0.39 is 0 Å². The average molecular weight is 305 g/mol. The van der Waals surface area contributed by atoms with Crippen LogP contribution in [-0.4, -0.2) is 30.6 Å². The highest BCUT2D eigenvalue weighted by molar-refractivity contribution is 7.09. The molecule has 0 saturated heterocycles. The zero-order valence-electron chi connectivity index (χ0n) is 11.3. The molecule has 19 heavy (non-hydrogen) atoms. The highest BCUT2D eigenvalue weighted by Crippen LogP contribution is 2.11. The molecule has 0 unspecified atom stereocenters. The van der Waals surface area contributed by atoms with Crippen LogP contribution in [0, 0.1) is 0 Å². The van der Waals surface area contributed by atoms with Crippen molar-refractivity contribution in [2.75, 3.05) is 19.8 Å². The number of nitrogens with one attached hydrogen (secondary N) is 1. The van der Waals surface area contributed by atoms with Gasteiger partial charge in [0.2, 0.25) is 5.91 Å². The number of aromatic nitrogens is 1. The van der Waals surface area contributed by atoms with Crippen LogP contribution in [0.2, 0.25) is 0 Å². The zero-order valence-corrected chi connectivity index (χ0v) is 12.9. The van der Waals surface area contributed by atoms with Crippen molar-refractivity contribution in [3.63, 3.8) is 0 Å². The molecule has 1 N–H and O–H groups in total. The Morgan fingerprint density at radius 1 is 1.47 bits per heavy atom. The molecule has 0 aliphatic carbocycles. The Balaban J connectivity index is 2.04. The summed E-state index contributed by atoms with van der Waals surface area (Å²) < 4.78 is 5.42. The molecule has 0 aromatic carbocycles. The van der Waals surface area contributed by atoms with Crippen molar-refractivity contribution >= 4 is 28.8 Å². The van der Waals surface area contributed by atoms with Gasteiger partial charge in [-0.15, -0.1) is 22.9 Å². The van der Waals surface area contributed by atoms with Gasteiger partial charge in [0, 0.05) is 25.1 Å². The Labute approximate surface area is 123 Å². The second-order valence-electron chi connectivity index (χ2n) is 4.21. The number of alkyl halides is 1. The van der Waals surface area contributed by atoms with Crippen molar-refractivity contribution in [1.82, 2.24) is 10.3 Å². The molecule has 1 amide bonds. The van der Waals surface area contributed by atoms with E-state index in [1.165, 1.54) is 11.3 Å². The number of rotatable bonds is 10. The Bertz CT molecular complexity index is 371. The van der Waals surface area contributed by atoms with E-state index in [4.69, 9.17) is 16.3 Å². The van der Waals surface area contributed by atoms with E-state index in [1.807, 2.05) is 5.38 Å². The van der Waals surface area contributed by atoms with Crippen molar-refractivity contribution in [3.8, 4) is 0 Å². The Morgan fingerprint density at radius 2 is 2.26 bits per heavy atom. The number of halogens is 1. The number of carbonyl (C=O) groups excluding carboxylic acids is 1. The third kappa shape index (κ3) is 7.50. The fourth-order valence-corrected chi connectivity index (χ4v) is 2.46. The predicted octanol–water partition coefficient (Wildman–Crippen LogP) is 2.75. The van der Waals surface area contributed by atoms with Gasteiger partial charge in [-0.1, -0.05) is 13.3 Å². The van der Waals surface area contributed by atoms with E-state index in [-0.39, 0.29) is 5.91 Å². The number of amides is 1. The lowest BCUT2D eigenvalue weighted by molar-refractivity contribution is -0.120. The van der Waals surface area contributed by atoms with Crippen LogP contribution in [0.3, 0.4) is 0 Å². The lowest BCUT2D eigenvalue weighted by atomic mass is 10.3. The molecule has 0 bridgehead atoms. The summed E-state index contributed by atoms with van der Waals surface area (Å²) in [5.41, 5.74) is 0.832. The van der Waals surface area contributed by atoms with Crippen molar-refractivity contribution in [1.29, 1.82) is 0 Å². The fraction of sp³-hybridized carbons (Fsp3) is 0.692. The van der Waals surface area contributed by atoms with Gasteiger partial charge in [0.15, 0.2) is 0 Å². The molecule has 0 aliphatic heterocycles. The summed E-state index contributed by atoms with van der Waals surface area (Å²) in [4.78, 5) is 15.9. The molecule has 4 nitrogen and oxygen atoms in total. The highest BCUT2D eigenvalue weighted by Gasteiger charge is 2.06. The number of hydrogen-bond acceptors (Lipinski definition) is 4. The monoisotopic (exact) mass is 304 g/mol. The van der Waals surface area contributed by atoms with Gasteiger partial charge in [-0.3, -0.25) is 4.79 Å². The van der Waals surface area contributed by atoms with Crippen LogP contribution in [0.4, 0.5) is 0 Å². The molecule has 1 rings (SSSR count). The minimum Gasteiger partial charge on any atom is -0.381 e. The molecule has 108 valence electrons. The summed E-state index contributed by atoms with van der Waals surface area (Å²) in [5.74, 6) is 0.400. The number of unbranched alkanes of at least 4 members (excludes halogenated alkanes) is 1. The van der Waals surface area contributed by atoms with Crippen LogP contribution < -0.4 is 5.32 Å². The van der Waals surface area contributed by atoms with Gasteiger partial charge in [-0.2, -0.15) is 0 Å². The Hall–Kier alpha value is -0.650. The first-order valence-electron chi connectivity index (χ1n) is 6.60. The predicted molar refractivity (Wildman–Crippen MR) is 78.7 cm³/mol. The molecule has 6 heteroatoms. The number of nitrogens with zero attached hydrogens (tertiary/aromatic N) is 1. The summed E-state index contributed by atoms with van der Waals surface area (Å²) in [6.45, 7) is 4.30. The summed E-state index contributed by atoms with van der Waals surface area (Å²) in [6, 6.07) is 0. The molecular formula is C13H21ClN2O2S. The maximum absolute atomic E-state index is 11.6. The van der Waals surface area contributed by atoms with Gasteiger partial charge in [0.25, 0.3) is 0 Å². The summed E-state index contributed by atoms with van der Waals surface area (Å²) >= 11 is 7.14. The maximum Gasteiger partial charge on any atom is 0.226 e. The van der Waals surface area contributed by atoms with Crippen LogP contribution in [0.15, 0.2) is 5.38 Å². The van der Waals surface area contributed by atoms with Crippen LogP contribution in [0.1, 0.15) is 36.9 Å². The van der Waals surface area contributed by atoms with E-state index in [0.717, 1.165) is 36.6 Å². The van der Waals surface area contributed by atoms with Crippen LogP contribution >= 0.6 is 22.9 Å². The molecule has 0 radical (unpaired) electrons. The van der Waals surface area contributed by atoms with Gasteiger partial charge in [0.05, 0.1) is 18.0 Å². The first-order valence-corrected chi connectivity index (χ1v) is 8.01. The maximum atomic E-state index is 11.6. The van der Waals surface area contributed by atoms with Gasteiger partial charge < -0.3 is 10.1 Å². The first-order chi connectivity index (χ1) is 9.26. The zero-order chi connectivity index (χ0) is 13.9. The molecule has 0 fully saturated rings. The number of ether oxygens (including phenoxy) is 1. The van der Waals surface area contributed by atoms with Gasteiger partial charge in [-0.25, -0.2) is 4.98 Å². The molecule has 0 saturated carbocycles. The van der Waals surface area contributed by atoms with Gasteiger partial charge in [0.1, 0.15) is 5.01 Å². The summed E-state index contributed by atoms with van der Waals surface area (Å²) in [5, 5.41) is 5.56. The molecule has 1 aromatic rings. The van der Waals surface area contributed by atoms with E-state index in [2.05, 4.69) is 17.2 Å². The normalized spacial score (nSPS) is 10.6. The Morgan fingerprint density at radius 3 is 2.95 bits per heavy atom. The van der Waals surface area contributed by atoms with Crippen LogP contribution in [0.25, 0.3) is 0 Å². The molecule has 0 spiro atoms. The fourth-order valence-electron chi connectivity index (χ4n) is 1.44. The minimum atomic E-state index is 0.00373. The summed E-state index contributed by atoms with van der Waals surface area (Å²) in [6.07, 6.45) is 3.42. The SMILES string of the molecule is CCCCOCCCNC(=O)Cc1nc(CCl)cs1. The van der Waals surface area contributed by atoms with Crippen molar-refractivity contribution < 1.29 is 9.53 Å². The number of thiazole rings is 1. The average Bonchev–Trinajstić information content (AvgIpc) is 2.85. The van der Waals surface area contributed by atoms with Crippen molar-refractivity contribution in [2.45, 2.75) is 38.5 Å². The third-order valence-corrected chi connectivity index (χ3v) is 3.65. The van der Waals surface area contributed by atoms with E-state index in [1.54, 1.807) is 0 Å². The summed E-state index contributed by atoms with van der Waals surface area (Å²) in [7, 11) is 0. The quantitative estimate of drug-likeness (QED) is 0.534. The standard InChI is InChI=1S/C13H21ClN2O2S/c1-2-3-6-18-7-4-5-15-12(17)8-13-16-11(9-14)10-19-13/h10H,2-9H2,1H3,(H,15,17). The van der Waals surface area contributed by atoms with Gasteiger partial charge in [-0.05, 0) is 12.8 Å². The number of hydrogen-bond donors (Lipinski definition) is 1. The van der Waals surface area contributed by atoms with Crippen molar-refractivity contribution in [2.24, 2.45) is 0 Å². The highest BCUT2D eigenvalue weighted by atomic mass is 35.5. The largest absolute Gasteiger partial charge is 0.381 e. The smallest absolute Gasteiger partial charge is 0.226 e. The van der Waals surface area contributed by atoms with Crippen LogP contribution in [0.5, 0.6) is 0 Å². The Kier molecular flexibility index (Phi) is 8.79. The van der Waals surface area contributed by atoms with E-state index in [0.29, 0.717) is 25.5 Å². The number of carbonyl (C=O) groups is 1. The van der Waals surface area contributed by atoms with Crippen LogP contribution in [-0.2, 0) is 21.8 Å². The topological polar surface area (TPSA) is 51.2 Å². The van der Waals surface area contributed by atoms with Gasteiger partial charge >= 0.3 is 0 Å². The van der Waals surface area contributed by atoms with E-state index >= 15 is 0 Å². The molecule has 0 aliphatic rings. The molecule has 1 aromatic heterocycles. The first kappa shape index (κ1) is 16.4. The third-order valence-electron chi connectivity index (χ3n) is 2.48. The van der Waals surface area contributed by atoms with E-state index in [9.17, 15) is 4.79 Å². The molecule has 0 atom stereocenters. The lowest BCUT2D eigenvalue weighted by Crippen LogP contribution is -2.26. The molecule has 1 heterocycles. The second kappa shape index (κ2) is 10.2. The molecular weight excluding hydrogens is 284 g/mol. The van der Waals surface area contributed by atoms with Crippen molar-refractivity contribution in [3.05, 3.63) is 16.1 Å². The minimum absolute atomic E-state index is 0.00373. The second-order valence-corrected chi connectivity index (χ2v) is 5.42. The lowest BCUT2D eigenvalue weighted by Gasteiger charge is -2.05.